The largest absolute Gasteiger partial charge is 0.461 e. The van der Waals surface area contributed by atoms with Gasteiger partial charge >= 0.3 is 17.6 Å². The number of aromatic nitrogens is 2. The molecule has 57 heavy (non-hydrogen) atoms. The lowest BCUT2D eigenvalue weighted by atomic mass is 10.0. The number of ether oxygens (including phenoxy) is 4. The standard InChI is InChI=1S/C45H80FN3O8/c1-7-11-15-19-21-25-29-36(27-23-17-13-9-3)55-40(51)34-49-39(50)31-32-48(45(49)53)44-42(46)43(38(57-44)33-47(5)6)54-35-41(52)56-37(28-24-18-14-10-4)30-26-22-20-16-12-8-2/h31-32,36-38,42-44H,7-30,33-35H2,1-6H3/t36?,37?,38-,42-,43-,44-/m1/s1. The molecule has 0 aromatic carbocycles. The van der Waals surface area contributed by atoms with Gasteiger partial charge in [-0.15, -0.1) is 0 Å². The fraction of sp³-hybridized carbons (Fsp3) is 0.867. The summed E-state index contributed by atoms with van der Waals surface area (Å²) in [6.45, 7) is 7.91. The van der Waals surface area contributed by atoms with Crippen LogP contribution in [0.3, 0.4) is 0 Å². The summed E-state index contributed by atoms with van der Waals surface area (Å²) in [6.07, 6.45) is 20.6. The summed E-state index contributed by atoms with van der Waals surface area (Å²) in [5.41, 5.74) is -1.57. The highest BCUT2D eigenvalue weighted by molar-refractivity contribution is 5.71. The van der Waals surface area contributed by atoms with Crippen LogP contribution in [0.2, 0.25) is 0 Å². The first-order valence-electron chi connectivity index (χ1n) is 22.8. The molecule has 0 radical (unpaired) electrons. The van der Waals surface area contributed by atoms with Crippen molar-refractivity contribution < 1.29 is 32.9 Å². The molecular formula is C45H80FN3O8. The molecule has 1 aliphatic rings. The van der Waals surface area contributed by atoms with Crippen LogP contribution in [0, 0.1) is 0 Å². The van der Waals surface area contributed by atoms with E-state index in [4.69, 9.17) is 18.9 Å². The highest BCUT2D eigenvalue weighted by Gasteiger charge is 2.48. The van der Waals surface area contributed by atoms with E-state index in [1.54, 1.807) is 0 Å². The number of esters is 2. The zero-order valence-electron chi connectivity index (χ0n) is 36.7. The number of alkyl halides is 1. The molecule has 11 nitrogen and oxygen atoms in total. The van der Waals surface area contributed by atoms with Crippen molar-refractivity contribution in [2.75, 3.05) is 27.2 Å². The van der Waals surface area contributed by atoms with Crippen molar-refractivity contribution in [3.63, 3.8) is 0 Å². The lowest BCUT2D eigenvalue weighted by molar-refractivity contribution is -0.159. The summed E-state index contributed by atoms with van der Waals surface area (Å²) in [5, 5.41) is 0. The van der Waals surface area contributed by atoms with Crippen molar-refractivity contribution in [2.24, 2.45) is 0 Å². The Morgan fingerprint density at radius 3 is 1.61 bits per heavy atom. The van der Waals surface area contributed by atoms with Crippen LogP contribution < -0.4 is 11.2 Å². The van der Waals surface area contributed by atoms with Crippen LogP contribution in [0.25, 0.3) is 0 Å². The van der Waals surface area contributed by atoms with Crippen LogP contribution in [-0.4, -0.2) is 83.8 Å². The first-order valence-corrected chi connectivity index (χ1v) is 22.8. The average molecular weight is 810 g/mol. The Kier molecular flexibility index (Phi) is 27.0. The molecule has 1 aromatic heterocycles. The van der Waals surface area contributed by atoms with Crippen LogP contribution in [0.1, 0.15) is 188 Å². The van der Waals surface area contributed by atoms with E-state index in [0.717, 1.165) is 124 Å². The average Bonchev–Trinajstić information content (AvgIpc) is 3.47. The van der Waals surface area contributed by atoms with Crippen molar-refractivity contribution in [3.05, 3.63) is 33.1 Å². The van der Waals surface area contributed by atoms with E-state index in [0.29, 0.717) is 0 Å². The maximum atomic E-state index is 16.4. The molecule has 12 heteroatoms. The molecule has 0 saturated carbocycles. The summed E-state index contributed by atoms with van der Waals surface area (Å²) in [5.74, 6) is -1.22. The Morgan fingerprint density at radius 2 is 1.14 bits per heavy atom. The highest BCUT2D eigenvalue weighted by Crippen LogP contribution is 2.33. The zero-order valence-corrected chi connectivity index (χ0v) is 36.7. The number of hydrogen-bond donors (Lipinski definition) is 0. The van der Waals surface area contributed by atoms with E-state index in [-0.39, 0.29) is 18.8 Å². The third-order valence-corrected chi connectivity index (χ3v) is 11.0. The first kappa shape index (κ1) is 50.6. The smallest absolute Gasteiger partial charge is 0.333 e. The Labute approximate surface area is 343 Å². The minimum Gasteiger partial charge on any atom is -0.461 e. The molecule has 1 fully saturated rings. The molecule has 2 heterocycles. The van der Waals surface area contributed by atoms with E-state index in [1.165, 1.54) is 51.1 Å². The van der Waals surface area contributed by atoms with Crippen molar-refractivity contribution in [1.29, 1.82) is 0 Å². The van der Waals surface area contributed by atoms with Gasteiger partial charge in [0.2, 0.25) is 0 Å². The fourth-order valence-electron chi connectivity index (χ4n) is 7.66. The number of rotatable bonds is 34. The van der Waals surface area contributed by atoms with E-state index in [9.17, 15) is 19.2 Å². The minimum absolute atomic E-state index is 0.214. The predicted octanol–water partition coefficient (Wildman–Crippen LogP) is 9.46. The number of nitrogens with zero attached hydrogens (tertiary/aromatic N) is 3. The lowest BCUT2D eigenvalue weighted by Crippen LogP contribution is -2.44. The maximum absolute atomic E-state index is 16.4. The Balaban J connectivity index is 2.12. The van der Waals surface area contributed by atoms with Crippen molar-refractivity contribution in [2.45, 2.75) is 225 Å². The molecule has 0 amide bonds. The molecule has 0 aliphatic carbocycles. The number of likely N-dealkylation sites (N-methyl/N-ethyl adjacent to an activating group) is 1. The van der Waals surface area contributed by atoms with E-state index >= 15 is 4.39 Å². The van der Waals surface area contributed by atoms with Gasteiger partial charge in [0.15, 0.2) is 12.4 Å². The van der Waals surface area contributed by atoms with Crippen molar-refractivity contribution in [1.82, 2.24) is 14.0 Å². The molecule has 1 aliphatic heterocycles. The molecule has 6 atom stereocenters. The highest BCUT2D eigenvalue weighted by atomic mass is 19.1. The number of halogens is 1. The first-order chi connectivity index (χ1) is 27.6. The SMILES string of the molecule is CCCCCCCCC(CCCCCC)OC(=O)CO[C@H]1[C@@H](F)[C@H](n2ccc(=O)n(CC(=O)OC(CCCCCC)CCCCCCCC)c2=O)O[C@@H]1CN(C)C. The molecule has 0 bridgehead atoms. The monoisotopic (exact) mass is 810 g/mol. The molecule has 0 N–H and O–H groups in total. The fourth-order valence-corrected chi connectivity index (χ4v) is 7.66. The molecule has 2 rings (SSSR count). The number of unbranched alkanes of at least 4 members (excludes halogenated alkanes) is 16. The van der Waals surface area contributed by atoms with Crippen molar-refractivity contribution >= 4 is 11.9 Å². The number of carbonyl (C=O) groups is 2. The van der Waals surface area contributed by atoms with Gasteiger partial charge in [0, 0.05) is 18.8 Å². The van der Waals surface area contributed by atoms with Crippen LogP contribution >= 0.6 is 0 Å². The minimum atomic E-state index is -1.85. The van der Waals surface area contributed by atoms with E-state index in [1.807, 2.05) is 19.0 Å². The van der Waals surface area contributed by atoms with Gasteiger partial charge in [-0.25, -0.2) is 18.5 Å². The zero-order chi connectivity index (χ0) is 41.8. The third-order valence-electron chi connectivity index (χ3n) is 11.0. The molecule has 0 spiro atoms. The van der Waals surface area contributed by atoms with Gasteiger partial charge in [-0.2, -0.15) is 0 Å². The van der Waals surface area contributed by atoms with Gasteiger partial charge in [0.1, 0.15) is 37.6 Å². The van der Waals surface area contributed by atoms with Crippen LogP contribution in [-0.2, 0) is 35.1 Å². The molecule has 330 valence electrons. The molecular weight excluding hydrogens is 730 g/mol. The van der Waals surface area contributed by atoms with Gasteiger partial charge in [-0.3, -0.25) is 14.2 Å². The number of carbonyl (C=O) groups excluding carboxylic acids is 2. The second-order valence-electron chi connectivity index (χ2n) is 16.5. The Bertz CT molecular complexity index is 1340. The Morgan fingerprint density at radius 1 is 0.702 bits per heavy atom. The summed E-state index contributed by atoms with van der Waals surface area (Å²) >= 11 is 0. The lowest BCUT2D eigenvalue weighted by Gasteiger charge is -2.23. The summed E-state index contributed by atoms with van der Waals surface area (Å²) in [7, 11) is 3.62. The van der Waals surface area contributed by atoms with Crippen LogP contribution in [0.4, 0.5) is 4.39 Å². The van der Waals surface area contributed by atoms with Crippen LogP contribution in [0.15, 0.2) is 21.9 Å². The third kappa shape index (κ3) is 20.3. The normalized spacial score (nSPS) is 19.2. The number of hydrogen-bond acceptors (Lipinski definition) is 9. The quantitative estimate of drug-likeness (QED) is 0.0496. The second kappa shape index (κ2) is 30.5. The van der Waals surface area contributed by atoms with E-state index in [2.05, 4.69) is 27.7 Å². The second-order valence-corrected chi connectivity index (χ2v) is 16.5. The van der Waals surface area contributed by atoms with Gasteiger partial charge in [-0.1, -0.05) is 130 Å². The molecule has 1 aromatic rings. The van der Waals surface area contributed by atoms with E-state index < -0.39 is 60.9 Å². The van der Waals surface area contributed by atoms with Gasteiger partial charge in [0.25, 0.3) is 5.56 Å². The van der Waals surface area contributed by atoms with Crippen LogP contribution in [0.5, 0.6) is 0 Å². The summed E-state index contributed by atoms with van der Waals surface area (Å²) in [4.78, 5) is 54.8. The van der Waals surface area contributed by atoms with Crippen molar-refractivity contribution in [3.8, 4) is 0 Å². The maximum Gasteiger partial charge on any atom is 0.333 e. The van der Waals surface area contributed by atoms with Gasteiger partial charge in [-0.05, 0) is 65.5 Å². The van der Waals surface area contributed by atoms with Gasteiger partial charge < -0.3 is 23.8 Å². The summed E-state index contributed by atoms with van der Waals surface area (Å²) in [6, 6.07) is 1.13. The molecule has 2 unspecified atom stereocenters. The molecule has 1 saturated heterocycles. The Hall–Kier alpha value is -2.57. The summed E-state index contributed by atoms with van der Waals surface area (Å²) < 4.78 is 41.9. The topological polar surface area (TPSA) is 118 Å². The van der Waals surface area contributed by atoms with Gasteiger partial charge in [0.05, 0.1) is 0 Å². The predicted molar refractivity (Wildman–Crippen MR) is 225 cm³/mol.